The van der Waals surface area contributed by atoms with Crippen molar-refractivity contribution in [3.63, 3.8) is 0 Å². The van der Waals surface area contributed by atoms with E-state index in [2.05, 4.69) is 66.0 Å². The maximum Gasteiger partial charge on any atom is 0.130 e. The van der Waals surface area contributed by atoms with E-state index in [0.717, 1.165) is 40.5 Å². The summed E-state index contributed by atoms with van der Waals surface area (Å²) in [5, 5.41) is 6.87. The van der Waals surface area contributed by atoms with Gasteiger partial charge in [-0.05, 0) is 49.8 Å². The molecule has 0 unspecified atom stereocenters. The molecule has 0 fully saturated rings. The molecule has 2 rings (SSSR count). The summed E-state index contributed by atoms with van der Waals surface area (Å²) in [6, 6.07) is 18.4. The second kappa shape index (κ2) is 12.0. The lowest BCUT2D eigenvalue weighted by molar-refractivity contribution is 1.04. The summed E-state index contributed by atoms with van der Waals surface area (Å²) >= 11 is 0. The highest BCUT2D eigenvalue weighted by atomic mass is 15.0. The topological polar surface area (TPSA) is 36.4 Å². The minimum Gasteiger partial charge on any atom is -0.355 e. The fourth-order valence-corrected chi connectivity index (χ4v) is 2.81. The first kappa shape index (κ1) is 21.7. The van der Waals surface area contributed by atoms with Gasteiger partial charge in [-0.25, -0.2) is 4.99 Å². The van der Waals surface area contributed by atoms with Crippen LogP contribution in [0, 0.1) is 0 Å². The minimum atomic E-state index is 0.726. The van der Waals surface area contributed by atoms with E-state index in [1.807, 2.05) is 55.5 Å². The van der Waals surface area contributed by atoms with E-state index in [0.29, 0.717) is 0 Å². The number of nitrogens with one attached hydrogen (secondary N) is 2. The van der Waals surface area contributed by atoms with Gasteiger partial charge in [0.2, 0.25) is 0 Å². The molecule has 3 heteroatoms. The molecule has 0 spiro atoms. The van der Waals surface area contributed by atoms with Crippen LogP contribution in [0.15, 0.2) is 115 Å². The fraction of sp³-hybridized carbons (Fsp3) is 0.115. The number of benzene rings is 2. The van der Waals surface area contributed by atoms with Crippen LogP contribution in [-0.2, 0) is 0 Å². The molecule has 0 heterocycles. The van der Waals surface area contributed by atoms with Gasteiger partial charge in [-0.15, -0.1) is 0 Å². The van der Waals surface area contributed by atoms with Crippen molar-refractivity contribution < 1.29 is 0 Å². The zero-order valence-electron chi connectivity index (χ0n) is 17.2. The van der Waals surface area contributed by atoms with Crippen molar-refractivity contribution in [2.75, 3.05) is 5.32 Å². The highest BCUT2D eigenvalue weighted by Gasteiger charge is 2.06. The van der Waals surface area contributed by atoms with Crippen molar-refractivity contribution in [1.82, 2.24) is 5.32 Å². The average Bonchev–Trinajstić information content (AvgIpc) is 2.73. The summed E-state index contributed by atoms with van der Waals surface area (Å²) in [6.45, 7) is 11.6. The summed E-state index contributed by atoms with van der Waals surface area (Å²) in [5.41, 5.74) is 5.30. The molecule has 2 aromatic carbocycles. The number of aliphatic imine (C=N–C) groups is 1. The van der Waals surface area contributed by atoms with Gasteiger partial charge < -0.3 is 10.6 Å². The van der Waals surface area contributed by atoms with Crippen molar-refractivity contribution in [1.29, 1.82) is 0 Å². The van der Waals surface area contributed by atoms with Gasteiger partial charge in [-0.2, -0.15) is 0 Å². The third-order valence-electron chi connectivity index (χ3n) is 4.17. The Labute approximate surface area is 174 Å². The highest BCUT2D eigenvalue weighted by molar-refractivity contribution is 6.01. The first-order valence-electron chi connectivity index (χ1n) is 9.66. The van der Waals surface area contributed by atoms with Crippen LogP contribution in [0.1, 0.15) is 25.8 Å². The predicted octanol–water partition coefficient (Wildman–Crippen LogP) is 7.00. The summed E-state index contributed by atoms with van der Waals surface area (Å²) in [4.78, 5) is 4.41. The van der Waals surface area contributed by atoms with Crippen molar-refractivity contribution in [3.05, 3.63) is 116 Å². The number of allylic oxidation sites excluding steroid dienone is 5. The van der Waals surface area contributed by atoms with Crippen molar-refractivity contribution >= 4 is 22.8 Å². The van der Waals surface area contributed by atoms with Crippen LogP contribution in [0.5, 0.6) is 0 Å². The van der Waals surface area contributed by atoms with Crippen molar-refractivity contribution in [2.24, 2.45) is 4.99 Å². The normalized spacial score (nSPS) is 12.7. The summed E-state index contributed by atoms with van der Waals surface area (Å²) in [6.07, 6.45) is 12.2. The first-order chi connectivity index (χ1) is 14.2. The Balaban J connectivity index is 2.31. The zero-order chi connectivity index (χ0) is 20.9. The van der Waals surface area contributed by atoms with Gasteiger partial charge in [0.1, 0.15) is 5.84 Å². The molecule has 0 aliphatic rings. The van der Waals surface area contributed by atoms with Gasteiger partial charge >= 0.3 is 0 Å². The van der Waals surface area contributed by atoms with E-state index in [1.165, 1.54) is 0 Å². The maximum absolute atomic E-state index is 4.41. The SMILES string of the molecule is C=C/C=C(\C/C=C\C)NC(/C=C(\C)c1ccccc1Nc1ccccc1)=NC=C. The first-order valence-corrected chi connectivity index (χ1v) is 9.66. The minimum absolute atomic E-state index is 0.726. The molecule has 0 atom stereocenters. The number of hydrogen-bond donors (Lipinski definition) is 2. The van der Waals surface area contributed by atoms with Crippen LogP contribution < -0.4 is 10.6 Å². The Hall–Kier alpha value is -3.59. The van der Waals surface area contributed by atoms with Crippen LogP contribution in [0.25, 0.3) is 5.57 Å². The number of nitrogens with zero attached hydrogens (tertiary/aromatic N) is 1. The molecular formula is C26H29N3. The second-order valence-electron chi connectivity index (χ2n) is 6.39. The van der Waals surface area contributed by atoms with Gasteiger partial charge in [-0.1, -0.05) is 67.8 Å². The van der Waals surface area contributed by atoms with E-state index in [9.17, 15) is 0 Å². The van der Waals surface area contributed by atoms with Crippen molar-refractivity contribution in [2.45, 2.75) is 20.3 Å². The van der Waals surface area contributed by atoms with Crippen LogP contribution in [0.2, 0.25) is 0 Å². The van der Waals surface area contributed by atoms with Crippen molar-refractivity contribution in [3.8, 4) is 0 Å². The number of anilines is 2. The number of hydrogen-bond acceptors (Lipinski definition) is 2. The Morgan fingerprint density at radius 2 is 1.76 bits per heavy atom. The molecule has 0 aliphatic heterocycles. The molecule has 29 heavy (non-hydrogen) atoms. The van der Waals surface area contributed by atoms with Gasteiger partial charge in [0.25, 0.3) is 0 Å². The van der Waals surface area contributed by atoms with Gasteiger partial charge in [0, 0.05) is 35.3 Å². The lowest BCUT2D eigenvalue weighted by Crippen LogP contribution is -2.20. The molecule has 0 bridgehead atoms. The lowest BCUT2D eigenvalue weighted by atomic mass is 10.0. The van der Waals surface area contributed by atoms with E-state index in [4.69, 9.17) is 0 Å². The molecule has 0 amide bonds. The lowest BCUT2D eigenvalue weighted by Gasteiger charge is -2.14. The Kier molecular flexibility index (Phi) is 8.97. The Morgan fingerprint density at radius 1 is 1.03 bits per heavy atom. The van der Waals surface area contributed by atoms with E-state index in [1.54, 1.807) is 12.3 Å². The summed E-state index contributed by atoms with van der Waals surface area (Å²) in [5.74, 6) is 0.726. The molecule has 148 valence electrons. The van der Waals surface area contributed by atoms with E-state index < -0.39 is 0 Å². The quantitative estimate of drug-likeness (QED) is 0.212. The van der Waals surface area contributed by atoms with E-state index in [-0.39, 0.29) is 0 Å². The maximum atomic E-state index is 4.41. The summed E-state index contributed by atoms with van der Waals surface area (Å²) in [7, 11) is 0. The molecule has 0 aliphatic carbocycles. The highest BCUT2D eigenvalue weighted by Crippen LogP contribution is 2.26. The van der Waals surface area contributed by atoms with E-state index >= 15 is 0 Å². The molecule has 2 N–H and O–H groups in total. The molecule has 2 aromatic rings. The molecule has 0 saturated heterocycles. The average molecular weight is 384 g/mol. The molecular weight excluding hydrogens is 354 g/mol. The smallest absolute Gasteiger partial charge is 0.130 e. The van der Waals surface area contributed by atoms with Gasteiger partial charge in [-0.3, -0.25) is 0 Å². The molecule has 0 aromatic heterocycles. The van der Waals surface area contributed by atoms with Gasteiger partial charge in [0.15, 0.2) is 0 Å². The zero-order valence-corrected chi connectivity index (χ0v) is 17.2. The molecule has 0 radical (unpaired) electrons. The van der Waals surface area contributed by atoms with Crippen LogP contribution in [0.4, 0.5) is 11.4 Å². The summed E-state index contributed by atoms with van der Waals surface area (Å²) < 4.78 is 0. The number of rotatable bonds is 9. The third kappa shape index (κ3) is 7.15. The van der Waals surface area contributed by atoms with Crippen LogP contribution >= 0.6 is 0 Å². The number of amidine groups is 1. The Morgan fingerprint density at radius 3 is 2.45 bits per heavy atom. The standard InChI is InChI=1S/C26H29N3/c1-5-8-15-22(14-6-2)29-26(27-7-3)20-21(4)24-18-12-13-19-25(24)28-23-16-10-9-11-17-23/h5-14,16-20,28H,2-3,15H2,1,4H3,(H,27,29)/b8-5-,21-20+,22-14+. The van der Waals surface area contributed by atoms with Gasteiger partial charge in [0.05, 0.1) is 0 Å². The predicted molar refractivity (Wildman–Crippen MR) is 128 cm³/mol. The second-order valence-corrected chi connectivity index (χ2v) is 6.39. The molecule has 3 nitrogen and oxygen atoms in total. The Bertz CT molecular complexity index is 931. The van der Waals surface area contributed by atoms with Crippen LogP contribution in [0.3, 0.4) is 0 Å². The molecule has 0 saturated carbocycles. The largest absolute Gasteiger partial charge is 0.355 e. The fourth-order valence-electron chi connectivity index (χ4n) is 2.81. The monoisotopic (exact) mass is 383 g/mol. The van der Waals surface area contributed by atoms with Crippen LogP contribution in [-0.4, -0.2) is 5.84 Å². The third-order valence-corrected chi connectivity index (χ3v) is 4.17. The number of para-hydroxylation sites is 2.